The van der Waals surface area contributed by atoms with Crippen LogP contribution in [0.15, 0.2) is 72.8 Å². The van der Waals surface area contributed by atoms with Crippen molar-refractivity contribution in [2.45, 2.75) is 13.0 Å². The summed E-state index contributed by atoms with van der Waals surface area (Å²) in [5.74, 6) is 0.669. The van der Waals surface area contributed by atoms with Crippen molar-refractivity contribution >= 4 is 44.1 Å². The minimum Gasteiger partial charge on any atom is -0.368 e. The SMILES string of the molecule is Nc1nc(NCc2ccc(F)cc2)c2c(Cc3cc4ccccc4s3)cccc2n1. The van der Waals surface area contributed by atoms with Crippen molar-refractivity contribution in [3.8, 4) is 0 Å². The van der Waals surface area contributed by atoms with E-state index < -0.39 is 0 Å². The molecule has 2 aromatic heterocycles. The normalized spacial score (nSPS) is 11.2. The lowest BCUT2D eigenvalue weighted by Gasteiger charge is -2.13. The molecule has 0 saturated heterocycles. The second-order valence-electron chi connectivity index (χ2n) is 7.15. The summed E-state index contributed by atoms with van der Waals surface area (Å²) < 4.78 is 14.5. The van der Waals surface area contributed by atoms with E-state index >= 15 is 0 Å². The van der Waals surface area contributed by atoms with Gasteiger partial charge in [0, 0.05) is 27.9 Å². The number of aromatic nitrogens is 2. The molecule has 0 aliphatic rings. The van der Waals surface area contributed by atoms with Crippen LogP contribution in [-0.2, 0) is 13.0 Å². The second-order valence-corrected chi connectivity index (χ2v) is 8.32. The predicted molar refractivity (Wildman–Crippen MR) is 122 cm³/mol. The third-order valence-electron chi connectivity index (χ3n) is 5.04. The molecule has 5 rings (SSSR count). The number of benzene rings is 3. The van der Waals surface area contributed by atoms with E-state index in [1.807, 2.05) is 12.1 Å². The van der Waals surface area contributed by atoms with E-state index in [-0.39, 0.29) is 11.8 Å². The molecule has 0 amide bonds. The number of hydrogen-bond donors (Lipinski definition) is 2. The number of nitrogen functional groups attached to an aromatic ring is 1. The summed E-state index contributed by atoms with van der Waals surface area (Å²) in [4.78, 5) is 10.2. The van der Waals surface area contributed by atoms with Crippen molar-refractivity contribution in [2.24, 2.45) is 0 Å². The van der Waals surface area contributed by atoms with E-state index in [0.717, 1.165) is 28.5 Å². The molecule has 3 aromatic carbocycles. The highest BCUT2D eigenvalue weighted by Gasteiger charge is 2.13. The lowest BCUT2D eigenvalue weighted by atomic mass is 10.0. The molecule has 0 aliphatic heterocycles. The minimum atomic E-state index is -0.249. The molecule has 5 aromatic rings. The zero-order valence-electron chi connectivity index (χ0n) is 16.1. The lowest BCUT2D eigenvalue weighted by molar-refractivity contribution is 0.627. The smallest absolute Gasteiger partial charge is 0.222 e. The number of hydrogen-bond acceptors (Lipinski definition) is 5. The van der Waals surface area contributed by atoms with E-state index in [2.05, 4.69) is 51.7 Å². The molecular weight excluding hydrogens is 395 g/mol. The summed E-state index contributed by atoms with van der Waals surface area (Å²) in [7, 11) is 0. The van der Waals surface area contributed by atoms with Gasteiger partial charge in [-0.2, -0.15) is 4.98 Å². The van der Waals surface area contributed by atoms with Crippen LogP contribution >= 0.6 is 11.3 Å². The topological polar surface area (TPSA) is 63.8 Å². The van der Waals surface area contributed by atoms with Gasteiger partial charge in [-0.1, -0.05) is 42.5 Å². The summed E-state index contributed by atoms with van der Waals surface area (Å²) in [6, 6.07) is 23.1. The maximum absolute atomic E-state index is 13.2. The first-order valence-corrected chi connectivity index (χ1v) is 10.5. The van der Waals surface area contributed by atoms with E-state index in [9.17, 15) is 4.39 Å². The lowest BCUT2D eigenvalue weighted by Crippen LogP contribution is -2.07. The summed E-state index contributed by atoms with van der Waals surface area (Å²) in [5, 5.41) is 5.59. The molecule has 0 fully saturated rings. The van der Waals surface area contributed by atoms with Gasteiger partial charge >= 0.3 is 0 Å². The van der Waals surface area contributed by atoms with Crippen LogP contribution in [0.5, 0.6) is 0 Å². The van der Waals surface area contributed by atoms with Gasteiger partial charge in [0.2, 0.25) is 5.95 Å². The number of rotatable bonds is 5. The molecular formula is C24H19FN4S. The Morgan fingerprint density at radius 3 is 2.60 bits per heavy atom. The average Bonchev–Trinajstić information content (AvgIpc) is 3.15. The summed E-state index contributed by atoms with van der Waals surface area (Å²) in [6.07, 6.45) is 0.787. The number of nitrogens with zero attached hydrogens (tertiary/aromatic N) is 2. The number of anilines is 2. The molecule has 0 aliphatic carbocycles. The molecule has 4 nitrogen and oxygen atoms in total. The van der Waals surface area contributed by atoms with Gasteiger partial charge in [0.1, 0.15) is 11.6 Å². The van der Waals surface area contributed by atoms with Gasteiger partial charge in [-0.15, -0.1) is 11.3 Å². The van der Waals surface area contributed by atoms with Gasteiger partial charge in [-0.05, 0) is 46.8 Å². The first-order chi connectivity index (χ1) is 14.7. The fourth-order valence-electron chi connectivity index (χ4n) is 3.65. The number of thiophene rings is 1. The third kappa shape index (κ3) is 3.69. The molecule has 148 valence electrons. The van der Waals surface area contributed by atoms with Crippen LogP contribution in [0.1, 0.15) is 16.0 Å². The Morgan fingerprint density at radius 1 is 0.933 bits per heavy atom. The highest BCUT2D eigenvalue weighted by atomic mass is 32.1. The van der Waals surface area contributed by atoms with Gasteiger partial charge in [-0.25, -0.2) is 9.37 Å². The third-order valence-corrected chi connectivity index (χ3v) is 6.16. The Kier molecular flexibility index (Phi) is 4.77. The molecule has 30 heavy (non-hydrogen) atoms. The number of nitrogens with one attached hydrogen (secondary N) is 1. The molecule has 6 heteroatoms. The van der Waals surface area contributed by atoms with Crippen LogP contribution in [0.25, 0.3) is 21.0 Å². The summed E-state index contributed by atoms with van der Waals surface area (Å²) in [6.45, 7) is 0.517. The Morgan fingerprint density at radius 2 is 1.77 bits per heavy atom. The second kappa shape index (κ2) is 7.72. The molecule has 0 bridgehead atoms. The fourth-order valence-corrected chi connectivity index (χ4v) is 4.73. The number of nitrogens with two attached hydrogens (primary N) is 1. The molecule has 3 N–H and O–H groups in total. The maximum Gasteiger partial charge on any atom is 0.222 e. The first kappa shape index (κ1) is 18.5. The number of halogens is 1. The monoisotopic (exact) mass is 414 g/mol. The largest absolute Gasteiger partial charge is 0.368 e. The van der Waals surface area contributed by atoms with E-state index in [0.29, 0.717) is 12.4 Å². The average molecular weight is 415 g/mol. The van der Waals surface area contributed by atoms with Crippen molar-refractivity contribution in [3.63, 3.8) is 0 Å². The van der Waals surface area contributed by atoms with Crippen molar-refractivity contribution in [1.82, 2.24) is 9.97 Å². The van der Waals surface area contributed by atoms with Crippen LogP contribution in [0.2, 0.25) is 0 Å². The molecule has 0 unspecified atom stereocenters. The van der Waals surface area contributed by atoms with Gasteiger partial charge in [0.15, 0.2) is 0 Å². The molecule has 0 spiro atoms. The highest BCUT2D eigenvalue weighted by molar-refractivity contribution is 7.19. The Hall–Kier alpha value is -3.51. The Labute approximate surface area is 177 Å². The van der Waals surface area contributed by atoms with Crippen molar-refractivity contribution in [1.29, 1.82) is 0 Å². The quantitative estimate of drug-likeness (QED) is 0.383. The van der Waals surface area contributed by atoms with Crippen LogP contribution < -0.4 is 11.1 Å². The van der Waals surface area contributed by atoms with E-state index in [1.54, 1.807) is 23.5 Å². The maximum atomic E-state index is 13.2. The molecule has 2 heterocycles. The zero-order valence-corrected chi connectivity index (χ0v) is 16.9. The zero-order chi connectivity index (χ0) is 20.5. The van der Waals surface area contributed by atoms with Crippen molar-refractivity contribution in [2.75, 3.05) is 11.1 Å². The Balaban J connectivity index is 1.52. The minimum absolute atomic E-state index is 0.225. The standard InChI is InChI=1S/C24H19FN4S/c25-18-10-8-15(9-11-18)14-27-23-22-17(5-3-6-20(22)28-24(26)29-23)13-19-12-16-4-1-2-7-21(16)30-19/h1-12H,13-14H2,(H3,26,27,28,29). The van der Waals surface area contributed by atoms with Gasteiger partial charge in [0.25, 0.3) is 0 Å². The van der Waals surface area contributed by atoms with Crippen LogP contribution in [-0.4, -0.2) is 9.97 Å². The molecule has 0 saturated carbocycles. The van der Waals surface area contributed by atoms with Crippen molar-refractivity contribution in [3.05, 3.63) is 94.6 Å². The predicted octanol–water partition coefficient (Wildman–Crippen LogP) is 5.77. The Bertz CT molecular complexity index is 1310. The number of fused-ring (bicyclic) bond motifs is 2. The summed E-state index contributed by atoms with van der Waals surface area (Å²) >= 11 is 1.80. The molecule has 0 atom stereocenters. The van der Waals surface area contributed by atoms with E-state index in [1.165, 1.54) is 27.1 Å². The van der Waals surface area contributed by atoms with E-state index in [4.69, 9.17) is 5.73 Å². The van der Waals surface area contributed by atoms with Crippen molar-refractivity contribution < 1.29 is 4.39 Å². The van der Waals surface area contributed by atoms with Crippen LogP contribution in [0.4, 0.5) is 16.2 Å². The first-order valence-electron chi connectivity index (χ1n) is 9.66. The van der Waals surface area contributed by atoms with Gasteiger partial charge in [0.05, 0.1) is 5.52 Å². The van der Waals surface area contributed by atoms with Crippen LogP contribution in [0.3, 0.4) is 0 Å². The fraction of sp³-hybridized carbons (Fsp3) is 0.0833. The summed E-state index contributed by atoms with van der Waals surface area (Å²) in [5.41, 5.74) is 8.87. The van der Waals surface area contributed by atoms with Gasteiger partial charge in [-0.3, -0.25) is 0 Å². The molecule has 0 radical (unpaired) electrons. The highest BCUT2D eigenvalue weighted by Crippen LogP contribution is 2.31. The van der Waals surface area contributed by atoms with Crippen LogP contribution in [0, 0.1) is 5.82 Å². The van der Waals surface area contributed by atoms with Gasteiger partial charge < -0.3 is 11.1 Å².